The molecule has 2 heterocycles. The van der Waals surface area contributed by atoms with Crippen molar-refractivity contribution in [2.45, 2.75) is 45.6 Å². The molecule has 0 unspecified atom stereocenters. The van der Waals surface area contributed by atoms with Crippen LogP contribution in [0.2, 0.25) is 0 Å². The summed E-state index contributed by atoms with van der Waals surface area (Å²) in [6, 6.07) is 2.23. The lowest BCUT2D eigenvalue weighted by atomic mass is 10.1. The van der Waals surface area contributed by atoms with Crippen molar-refractivity contribution >= 4 is 28.3 Å². The number of fused-ring (bicyclic) bond motifs is 1. The van der Waals surface area contributed by atoms with Gasteiger partial charge in [-0.25, -0.2) is 4.98 Å². The van der Waals surface area contributed by atoms with E-state index in [1.165, 1.54) is 0 Å². The van der Waals surface area contributed by atoms with E-state index in [-0.39, 0.29) is 17.5 Å². The van der Waals surface area contributed by atoms with Gasteiger partial charge in [-0.3, -0.25) is 9.20 Å². The lowest BCUT2D eigenvalue weighted by Gasteiger charge is -2.10. The van der Waals surface area contributed by atoms with Gasteiger partial charge in [0.25, 0.3) is 5.91 Å². The molecule has 0 saturated heterocycles. The Morgan fingerprint density at radius 3 is 2.91 bits per heavy atom. The number of carbonyl (C=O) groups is 1. The highest BCUT2D eigenvalue weighted by Gasteiger charge is 2.20. The third kappa shape index (κ3) is 2.77. The molecule has 0 bridgehead atoms. The number of hydrogen-bond donors (Lipinski definition) is 1. The van der Waals surface area contributed by atoms with E-state index >= 15 is 0 Å². The standard InChI is InChI=1S/C16H18N4OS/c1-10-9-20-14(11(2)18-16(20)22-10)7-12(8-17)15(21)19-13-5-3-4-6-13/h7,9,13H,3-6H2,1-2H3,(H,19,21)/b12-7+. The molecule has 5 nitrogen and oxygen atoms in total. The zero-order chi connectivity index (χ0) is 15.7. The molecule has 0 radical (unpaired) electrons. The van der Waals surface area contributed by atoms with Gasteiger partial charge in [-0.05, 0) is 32.8 Å². The van der Waals surface area contributed by atoms with Crippen molar-refractivity contribution in [3.05, 3.63) is 28.0 Å². The van der Waals surface area contributed by atoms with Gasteiger partial charge >= 0.3 is 0 Å². The minimum atomic E-state index is -0.282. The van der Waals surface area contributed by atoms with Crippen LogP contribution >= 0.6 is 11.3 Å². The van der Waals surface area contributed by atoms with Crippen molar-refractivity contribution in [1.82, 2.24) is 14.7 Å². The van der Waals surface area contributed by atoms with Crippen LogP contribution < -0.4 is 5.32 Å². The summed E-state index contributed by atoms with van der Waals surface area (Å²) in [5.74, 6) is -0.282. The molecule has 3 rings (SSSR count). The number of amides is 1. The van der Waals surface area contributed by atoms with Crippen molar-refractivity contribution in [1.29, 1.82) is 5.26 Å². The average Bonchev–Trinajstić information content (AvgIpc) is 3.14. The molecule has 2 aromatic rings. The van der Waals surface area contributed by atoms with Crippen LogP contribution in [0.4, 0.5) is 0 Å². The molecule has 0 atom stereocenters. The quantitative estimate of drug-likeness (QED) is 0.699. The van der Waals surface area contributed by atoms with E-state index in [4.69, 9.17) is 0 Å². The van der Waals surface area contributed by atoms with Crippen LogP contribution in [0.5, 0.6) is 0 Å². The van der Waals surface area contributed by atoms with Gasteiger partial charge in [-0.1, -0.05) is 12.8 Å². The van der Waals surface area contributed by atoms with E-state index in [0.717, 1.165) is 46.9 Å². The summed E-state index contributed by atoms with van der Waals surface area (Å²) in [5, 5.41) is 12.3. The van der Waals surface area contributed by atoms with Crippen LogP contribution in [0.3, 0.4) is 0 Å². The van der Waals surface area contributed by atoms with Crippen LogP contribution in [0, 0.1) is 25.2 Å². The van der Waals surface area contributed by atoms with E-state index < -0.39 is 0 Å². The molecule has 22 heavy (non-hydrogen) atoms. The van der Waals surface area contributed by atoms with Gasteiger partial charge in [0.1, 0.15) is 11.6 Å². The third-order valence-corrected chi connectivity index (χ3v) is 4.90. The Morgan fingerprint density at radius 1 is 1.50 bits per heavy atom. The van der Waals surface area contributed by atoms with Gasteiger partial charge in [-0.2, -0.15) is 5.26 Å². The van der Waals surface area contributed by atoms with Gasteiger partial charge < -0.3 is 5.32 Å². The molecule has 1 N–H and O–H groups in total. The van der Waals surface area contributed by atoms with Crippen LogP contribution in [0.15, 0.2) is 11.8 Å². The summed E-state index contributed by atoms with van der Waals surface area (Å²) < 4.78 is 1.94. The number of imidazole rings is 1. The lowest BCUT2D eigenvalue weighted by molar-refractivity contribution is -0.117. The molecule has 1 aliphatic carbocycles. The van der Waals surface area contributed by atoms with E-state index in [0.29, 0.717) is 0 Å². The first kappa shape index (κ1) is 14.8. The van der Waals surface area contributed by atoms with Crippen LogP contribution in [0.25, 0.3) is 11.0 Å². The monoisotopic (exact) mass is 314 g/mol. The zero-order valence-corrected chi connectivity index (χ0v) is 13.5. The summed E-state index contributed by atoms with van der Waals surface area (Å²) in [6.07, 6.45) is 7.93. The summed E-state index contributed by atoms with van der Waals surface area (Å²) in [7, 11) is 0. The number of hydrogen-bond acceptors (Lipinski definition) is 4. The first-order valence-corrected chi connectivity index (χ1v) is 8.28. The fourth-order valence-corrected chi connectivity index (χ4v) is 3.75. The van der Waals surface area contributed by atoms with Crippen molar-refractivity contribution in [2.75, 3.05) is 0 Å². The first-order valence-electron chi connectivity index (χ1n) is 7.46. The minimum absolute atomic E-state index is 0.139. The Bertz CT molecular complexity index is 787. The van der Waals surface area contributed by atoms with Crippen molar-refractivity contribution in [3.63, 3.8) is 0 Å². The minimum Gasteiger partial charge on any atom is -0.349 e. The van der Waals surface area contributed by atoms with Gasteiger partial charge in [0.15, 0.2) is 4.96 Å². The highest BCUT2D eigenvalue weighted by molar-refractivity contribution is 7.17. The maximum absolute atomic E-state index is 12.3. The smallest absolute Gasteiger partial charge is 0.262 e. The fourth-order valence-electron chi connectivity index (χ4n) is 2.87. The van der Waals surface area contributed by atoms with E-state index in [1.54, 1.807) is 17.4 Å². The SMILES string of the molecule is Cc1cn2c(/C=C(\C#N)C(=O)NC3CCCC3)c(C)nc2s1. The number of aromatic nitrogens is 2. The molecule has 2 aromatic heterocycles. The molecule has 0 spiro atoms. The summed E-state index contributed by atoms with van der Waals surface area (Å²) in [4.78, 5) is 18.8. The number of aryl methyl sites for hydroxylation is 2. The number of nitriles is 1. The summed E-state index contributed by atoms with van der Waals surface area (Å²) in [6.45, 7) is 3.91. The Morgan fingerprint density at radius 2 is 2.23 bits per heavy atom. The van der Waals surface area contributed by atoms with Crippen molar-refractivity contribution in [3.8, 4) is 6.07 Å². The highest BCUT2D eigenvalue weighted by Crippen LogP contribution is 2.23. The molecular formula is C16H18N4OS. The van der Waals surface area contributed by atoms with E-state index in [2.05, 4.69) is 10.3 Å². The van der Waals surface area contributed by atoms with Crippen LogP contribution in [-0.4, -0.2) is 21.3 Å². The summed E-state index contributed by atoms with van der Waals surface area (Å²) in [5.41, 5.74) is 1.77. The largest absolute Gasteiger partial charge is 0.349 e. The van der Waals surface area contributed by atoms with Crippen LogP contribution in [-0.2, 0) is 4.79 Å². The molecular weight excluding hydrogens is 296 g/mol. The second-order valence-corrected chi connectivity index (χ2v) is 6.91. The topological polar surface area (TPSA) is 70.2 Å². The van der Waals surface area contributed by atoms with E-state index in [1.807, 2.05) is 30.5 Å². The van der Waals surface area contributed by atoms with Crippen molar-refractivity contribution in [2.24, 2.45) is 0 Å². The third-order valence-electron chi connectivity index (χ3n) is 4.00. The number of nitrogens with one attached hydrogen (secondary N) is 1. The number of rotatable bonds is 3. The Labute approximate surface area is 133 Å². The first-order chi connectivity index (χ1) is 10.6. The lowest BCUT2D eigenvalue weighted by Crippen LogP contribution is -2.33. The normalized spacial score (nSPS) is 16.1. The molecule has 0 aromatic carbocycles. The predicted molar refractivity (Wildman–Crippen MR) is 86.5 cm³/mol. The van der Waals surface area contributed by atoms with E-state index in [9.17, 15) is 10.1 Å². The molecule has 1 fully saturated rings. The average molecular weight is 314 g/mol. The molecule has 1 saturated carbocycles. The highest BCUT2D eigenvalue weighted by atomic mass is 32.1. The Hall–Kier alpha value is -2.13. The molecule has 6 heteroatoms. The zero-order valence-electron chi connectivity index (χ0n) is 12.7. The fraction of sp³-hybridized carbons (Fsp3) is 0.438. The van der Waals surface area contributed by atoms with Crippen molar-refractivity contribution < 1.29 is 4.79 Å². The maximum atomic E-state index is 12.3. The van der Waals surface area contributed by atoms with Gasteiger partial charge in [0, 0.05) is 17.1 Å². The predicted octanol–water partition coefficient (Wildman–Crippen LogP) is 2.98. The Kier molecular flexibility index (Phi) is 3.99. The molecule has 1 aliphatic rings. The number of nitrogens with zero attached hydrogens (tertiary/aromatic N) is 3. The second kappa shape index (κ2) is 5.93. The van der Waals surface area contributed by atoms with Gasteiger partial charge in [-0.15, -0.1) is 11.3 Å². The Balaban J connectivity index is 1.90. The molecule has 0 aliphatic heterocycles. The number of thiazole rings is 1. The van der Waals surface area contributed by atoms with Gasteiger partial charge in [0.05, 0.1) is 11.4 Å². The maximum Gasteiger partial charge on any atom is 0.262 e. The summed E-state index contributed by atoms with van der Waals surface area (Å²) >= 11 is 1.60. The van der Waals surface area contributed by atoms with Crippen LogP contribution in [0.1, 0.15) is 41.9 Å². The van der Waals surface area contributed by atoms with Gasteiger partial charge in [0.2, 0.25) is 0 Å². The molecule has 1 amide bonds. The number of carbonyl (C=O) groups excluding carboxylic acids is 1. The molecule has 114 valence electrons. The second-order valence-electron chi connectivity index (χ2n) is 5.70.